The van der Waals surface area contributed by atoms with E-state index in [1.807, 2.05) is 50.5 Å². The van der Waals surface area contributed by atoms with Gasteiger partial charge in [-0.15, -0.1) is 0 Å². The summed E-state index contributed by atoms with van der Waals surface area (Å²) in [6, 6.07) is 9.48. The lowest BCUT2D eigenvalue weighted by Crippen LogP contribution is -2.37. The van der Waals surface area contributed by atoms with Crippen LogP contribution in [0.1, 0.15) is 30.1 Å². The summed E-state index contributed by atoms with van der Waals surface area (Å²) < 4.78 is 1.69. The van der Waals surface area contributed by atoms with Crippen molar-refractivity contribution in [1.29, 1.82) is 0 Å². The Bertz CT molecular complexity index is 564. The molecule has 0 aliphatic rings. The summed E-state index contributed by atoms with van der Waals surface area (Å²) in [4.78, 5) is 12.4. The van der Waals surface area contributed by atoms with E-state index < -0.39 is 6.04 Å². The minimum atomic E-state index is -0.394. The second-order valence-electron chi connectivity index (χ2n) is 4.81. The molecule has 1 heterocycles. The number of nitrogens with zero attached hydrogens (tertiary/aromatic N) is 2. The van der Waals surface area contributed by atoms with Crippen LogP contribution in [-0.2, 0) is 11.8 Å². The Morgan fingerprint density at radius 1 is 1.25 bits per heavy atom. The lowest BCUT2D eigenvalue weighted by molar-refractivity contribution is -0.123. The van der Waals surface area contributed by atoms with E-state index in [0.717, 1.165) is 11.1 Å². The maximum atomic E-state index is 12.4. The summed E-state index contributed by atoms with van der Waals surface area (Å²) >= 11 is 0. The van der Waals surface area contributed by atoms with Gasteiger partial charge in [-0.2, -0.15) is 5.10 Å². The van der Waals surface area contributed by atoms with Crippen LogP contribution in [0.25, 0.3) is 0 Å². The zero-order valence-electron chi connectivity index (χ0n) is 12.0. The molecule has 0 aliphatic carbocycles. The van der Waals surface area contributed by atoms with Crippen LogP contribution in [0.5, 0.6) is 0 Å². The normalized spacial score (nSPS) is 13.8. The number of nitrogens with one attached hydrogen (secondary N) is 2. The van der Waals surface area contributed by atoms with Crippen molar-refractivity contribution in [2.24, 2.45) is 7.05 Å². The van der Waals surface area contributed by atoms with E-state index in [0.29, 0.717) is 0 Å². The third-order valence-electron chi connectivity index (χ3n) is 3.27. The molecular weight excluding hydrogens is 252 g/mol. The molecule has 0 fully saturated rings. The highest BCUT2D eigenvalue weighted by Gasteiger charge is 2.21. The molecule has 106 valence electrons. The van der Waals surface area contributed by atoms with E-state index in [4.69, 9.17) is 0 Å². The number of carbonyl (C=O) groups is 1. The number of aromatic nitrogens is 2. The van der Waals surface area contributed by atoms with Crippen LogP contribution < -0.4 is 10.6 Å². The van der Waals surface area contributed by atoms with Gasteiger partial charge < -0.3 is 10.6 Å². The Morgan fingerprint density at radius 2 is 1.95 bits per heavy atom. The number of hydrogen-bond acceptors (Lipinski definition) is 3. The number of carbonyl (C=O) groups excluding carboxylic acids is 1. The molecule has 5 heteroatoms. The van der Waals surface area contributed by atoms with Crippen molar-refractivity contribution in [1.82, 2.24) is 20.4 Å². The Balaban J connectivity index is 2.06. The first-order valence-electron chi connectivity index (χ1n) is 6.63. The molecule has 5 nitrogen and oxygen atoms in total. The molecule has 0 spiro atoms. The lowest BCUT2D eigenvalue weighted by Gasteiger charge is -2.19. The number of benzene rings is 1. The van der Waals surface area contributed by atoms with Gasteiger partial charge in [-0.05, 0) is 19.5 Å². The summed E-state index contributed by atoms with van der Waals surface area (Å²) in [7, 11) is 3.60. The third-order valence-corrected chi connectivity index (χ3v) is 3.27. The number of likely N-dealkylation sites (N-methyl/N-ethyl adjacent to an activating group) is 1. The molecule has 20 heavy (non-hydrogen) atoms. The van der Waals surface area contributed by atoms with Crippen LogP contribution in [0.4, 0.5) is 0 Å². The average molecular weight is 272 g/mol. The SMILES string of the molecule is CNC(C(=O)NC(C)c1ccccc1)c1cnn(C)c1. The minimum absolute atomic E-state index is 0.0313. The van der Waals surface area contributed by atoms with Crippen LogP contribution in [0.15, 0.2) is 42.7 Å². The van der Waals surface area contributed by atoms with Gasteiger partial charge in [0, 0.05) is 18.8 Å². The van der Waals surface area contributed by atoms with E-state index in [-0.39, 0.29) is 11.9 Å². The van der Waals surface area contributed by atoms with E-state index in [1.165, 1.54) is 0 Å². The molecule has 1 aromatic carbocycles. The van der Waals surface area contributed by atoms with Crippen LogP contribution in [0.3, 0.4) is 0 Å². The van der Waals surface area contributed by atoms with Crippen molar-refractivity contribution in [2.45, 2.75) is 19.0 Å². The maximum Gasteiger partial charge on any atom is 0.242 e. The van der Waals surface area contributed by atoms with Gasteiger partial charge in [0.2, 0.25) is 5.91 Å². The first-order valence-corrected chi connectivity index (χ1v) is 6.63. The second kappa shape index (κ2) is 6.34. The quantitative estimate of drug-likeness (QED) is 0.868. The molecule has 2 N–H and O–H groups in total. The molecule has 0 bridgehead atoms. The molecule has 1 amide bonds. The zero-order valence-corrected chi connectivity index (χ0v) is 12.0. The van der Waals surface area contributed by atoms with Gasteiger partial charge in [0.15, 0.2) is 0 Å². The van der Waals surface area contributed by atoms with E-state index in [2.05, 4.69) is 15.7 Å². The molecule has 2 rings (SSSR count). The summed E-state index contributed by atoms with van der Waals surface area (Å²) in [6.45, 7) is 1.98. The van der Waals surface area contributed by atoms with Gasteiger partial charge in [-0.3, -0.25) is 9.48 Å². The molecule has 0 radical (unpaired) electrons. The van der Waals surface area contributed by atoms with Crippen molar-refractivity contribution in [2.75, 3.05) is 7.05 Å². The highest BCUT2D eigenvalue weighted by Crippen LogP contribution is 2.15. The fraction of sp³-hybridized carbons (Fsp3) is 0.333. The fourth-order valence-corrected chi connectivity index (χ4v) is 2.16. The second-order valence-corrected chi connectivity index (χ2v) is 4.81. The largest absolute Gasteiger partial charge is 0.348 e. The Morgan fingerprint density at radius 3 is 2.50 bits per heavy atom. The predicted octanol–water partition coefficient (Wildman–Crippen LogP) is 1.56. The van der Waals surface area contributed by atoms with Crippen LogP contribution in [-0.4, -0.2) is 22.7 Å². The van der Waals surface area contributed by atoms with Gasteiger partial charge in [0.25, 0.3) is 0 Å². The fourth-order valence-electron chi connectivity index (χ4n) is 2.16. The molecule has 0 saturated heterocycles. The molecule has 2 unspecified atom stereocenters. The van der Waals surface area contributed by atoms with E-state index in [9.17, 15) is 4.79 Å². The van der Waals surface area contributed by atoms with Crippen molar-refractivity contribution >= 4 is 5.91 Å². The summed E-state index contributed by atoms with van der Waals surface area (Å²) in [6.07, 6.45) is 3.54. The number of amides is 1. The van der Waals surface area contributed by atoms with E-state index >= 15 is 0 Å². The van der Waals surface area contributed by atoms with Crippen LogP contribution >= 0.6 is 0 Å². The topological polar surface area (TPSA) is 59.0 Å². The summed E-state index contributed by atoms with van der Waals surface area (Å²) in [5, 5.41) is 10.1. The molecule has 0 aliphatic heterocycles. The number of aryl methyl sites for hydroxylation is 1. The number of hydrogen-bond donors (Lipinski definition) is 2. The summed E-state index contributed by atoms with van der Waals surface area (Å²) in [5.74, 6) is -0.0585. The van der Waals surface area contributed by atoms with Gasteiger partial charge in [0.05, 0.1) is 12.2 Å². The molecular formula is C15H20N4O. The van der Waals surface area contributed by atoms with Gasteiger partial charge in [-0.1, -0.05) is 30.3 Å². The first kappa shape index (κ1) is 14.3. The van der Waals surface area contributed by atoms with Gasteiger partial charge >= 0.3 is 0 Å². The minimum Gasteiger partial charge on any atom is -0.348 e. The van der Waals surface area contributed by atoms with Crippen molar-refractivity contribution < 1.29 is 4.79 Å². The van der Waals surface area contributed by atoms with Crippen LogP contribution in [0, 0.1) is 0 Å². The monoisotopic (exact) mass is 272 g/mol. The Hall–Kier alpha value is -2.14. The average Bonchev–Trinajstić information content (AvgIpc) is 2.87. The van der Waals surface area contributed by atoms with Gasteiger partial charge in [0.1, 0.15) is 6.04 Å². The lowest BCUT2D eigenvalue weighted by atomic mass is 10.1. The van der Waals surface area contributed by atoms with E-state index in [1.54, 1.807) is 17.9 Å². The van der Waals surface area contributed by atoms with Gasteiger partial charge in [-0.25, -0.2) is 0 Å². The molecule has 0 saturated carbocycles. The van der Waals surface area contributed by atoms with Crippen molar-refractivity contribution in [3.05, 3.63) is 53.9 Å². The first-order chi connectivity index (χ1) is 9.61. The molecule has 2 aromatic rings. The maximum absolute atomic E-state index is 12.4. The Kier molecular flexibility index (Phi) is 4.53. The highest BCUT2D eigenvalue weighted by atomic mass is 16.2. The summed E-state index contributed by atoms with van der Waals surface area (Å²) in [5.41, 5.74) is 1.94. The molecule has 1 aromatic heterocycles. The predicted molar refractivity (Wildman–Crippen MR) is 78.0 cm³/mol. The third kappa shape index (κ3) is 3.24. The van der Waals surface area contributed by atoms with Crippen LogP contribution in [0.2, 0.25) is 0 Å². The zero-order chi connectivity index (χ0) is 14.5. The smallest absolute Gasteiger partial charge is 0.242 e. The Labute approximate surface area is 119 Å². The number of rotatable bonds is 5. The highest BCUT2D eigenvalue weighted by molar-refractivity contribution is 5.83. The van der Waals surface area contributed by atoms with Crippen molar-refractivity contribution in [3.8, 4) is 0 Å². The molecule has 2 atom stereocenters. The van der Waals surface area contributed by atoms with Crippen molar-refractivity contribution in [3.63, 3.8) is 0 Å². The standard InChI is InChI=1S/C15H20N4O/c1-11(12-7-5-4-6-8-12)18-15(20)14(16-2)13-9-17-19(3)10-13/h4-11,14,16H,1-3H3,(H,18,20).